The lowest BCUT2D eigenvalue weighted by molar-refractivity contribution is -0.132. The highest BCUT2D eigenvalue weighted by molar-refractivity contribution is 5.83. The van der Waals surface area contributed by atoms with Gasteiger partial charge in [-0.15, -0.1) is 0 Å². The predicted octanol–water partition coefficient (Wildman–Crippen LogP) is 1.93. The van der Waals surface area contributed by atoms with Crippen LogP contribution in [0.4, 0.5) is 0 Å². The van der Waals surface area contributed by atoms with Crippen molar-refractivity contribution >= 4 is 17.1 Å². The normalized spacial score (nSPS) is 21.6. The Morgan fingerprint density at radius 1 is 1.47 bits per heavy atom. The third-order valence-electron chi connectivity index (χ3n) is 3.81. The van der Waals surface area contributed by atoms with Gasteiger partial charge in [0, 0.05) is 31.1 Å². The smallest absolute Gasteiger partial charge is 0.226 e. The van der Waals surface area contributed by atoms with Crippen LogP contribution in [0, 0.1) is 5.92 Å². The molecule has 0 spiro atoms. The van der Waals surface area contributed by atoms with Crippen molar-refractivity contribution in [2.75, 3.05) is 13.1 Å². The Balaban J connectivity index is 1.77. The minimum absolute atomic E-state index is 0.0977. The third kappa shape index (κ3) is 2.09. The molecule has 5 heteroatoms. The molecule has 2 aromatic heterocycles. The molecule has 0 unspecified atom stereocenters. The van der Waals surface area contributed by atoms with Gasteiger partial charge in [-0.25, -0.2) is 9.97 Å². The van der Waals surface area contributed by atoms with Crippen LogP contribution in [-0.2, 0) is 4.79 Å². The fourth-order valence-electron chi connectivity index (χ4n) is 2.58. The van der Waals surface area contributed by atoms with Gasteiger partial charge in [-0.3, -0.25) is 4.79 Å². The van der Waals surface area contributed by atoms with Gasteiger partial charge in [0.05, 0.1) is 5.52 Å². The van der Waals surface area contributed by atoms with Crippen molar-refractivity contribution in [3.05, 3.63) is 24.2 Å². The number of fused-ring (bicyclic) bond motifs is 1. The molecule has 100 valence electrons. The van der Waals surface area contributed by atoms with Gasteiger partial charge in [-0.1, -0.05) is 0 Å². The van der Waals surface area contributed by atoms with E-state index < -0.39 is 0 Å². The topological polar surface area (TPSA) is 61.9 Å². The Bertz CT molecular complexity index is 569. The van der Waals surface area contributed by atoms with Crippen LogP contribution in [-0.4, -0.2) is 38.8 Å². The molecule has 0 bridgehead atoms. The summed E-state index contributed by atoms with van der Waals surface area (Å²) in [6.07, 6.45) is 2.63. The molecule has 0 aromatic carbocycles. The van der Waals surface area contributed by atoms with Crippen LogP contribution in [0.2, 0.25) is 0 Å². The lowest BCUT2D eigenvalue weighted by Crippen LogP contribution is -2.32. The van der Waals surface area contributed by atoms with E-state index in [9.17, 15) is 4.79 Å². The van der Waals surface area contributed by atoms with Crippen LogP contribution in [0.1, 0.15) is 32.0 Å². The van der Waals surface area contributed by atoms with Crippen LogP contribution >= 0.6 is 0 Å². The van der Waals surface area contributed by atoms with E-state index in [-0.39, 0.29) is 17.7 Å². The maximum atomic E-state index is 12.2. The fourth-order valence-corrected chi connectivity index (χ4v) is 2.58. The number of amides is 1. The summed E-state index contributed by atoms with van der Waals surface area (Å²) in [5.74, 6) is 1.49. The van der Waals surface area contributed by atoms with Crippen LogP contribution in [0.25, 0.3) is 11.2 Å². The van der Waals surface area contributed by atoms with Gasteiger partial charge in [-0.2, -0.15) is 0 Å². The van der Waals surface area contributed by atoms with Gasteiger partial charge in [0.1, 0.15) is 5.82 Å². The number of carbonyl (C=O) groups is 1. The number of carbonyl (C=O) groups excluding carboxylic acids is 1. The summed E-state index contributed by atoms with van der Waals surface area (Å²) in [7, 11) is 0. The minimum Gasteiger partial charge on any atom is -0.343 e. The summed E-state index contributed by atoms with van der Waals surface area (Å²) in [4.78, 5) is 26.1. The number of imidazole rings is 1. The molecule has 1 aliphatic carbocycles. The van der Waals surface area contributed by atoms with Crippen molar-refractivity contribution < 1.29 is 4.79 Å². The van der Waals surface area contributed by atoms with Crippen molar-refractivity contribution in [2.45, 2.75) is 26.2 Å². The van der Waals surface area contributed by atoms with Gasteiger partial charge in [0.2, 0.25) is 5.91 Å². The molecule has 2 aromatic rings. The average Bonchev–Trinajstić information content (AvgIpc) is 3.12. The summed E-state index contributed by atoms with van der Waals surface area (Å²) in [6.45, 7) is 5.59. The van der Waals surface area contributed by atoms with Crippen molar-refractivity contribution in [1.82, 2.24) is 19.9 Å². The molecule has 0 radical (unpaired) electrons. The Morgan fingerprint density at radius 3 is 2.95 bits per heavy atom. The fraction of sp³-hybridized carbons (Fsp3) is 0.500. The van der Waals surface area contributed by atoms with Crippen molar-refractivity contribution in [3.63, 3.8) is 0 Å². The van der Waals surface area contributed by atoms with E-state index in [2.05, 4.69) is 15.0 Å². The van der Waals surface area contributed by atoms with Gasteiger partial charge in [0.15, 0.2) is 5.65 Å². The van der Waals surface area contributed by atoms with Gasteiger partial charge < -0.3 is 9.88 Å². The summed E-state index contributed by atoms with van der Waals surface area (Å²) in [5.41, 5.74) is 1.68. The van der Waals surface area contributed by atoms with E-state index in [0.717, 1.165) is 36.5 Å². The molecule has 3 rings (SSSR count). The quantitative estimate of drug-likeness (QED) is 0.911. The zero-order chi connectivity index (χ0) is 13.4. The van der Waals surface area contributed by atoms with Crippen LogP contribution in [0.15, 0.2) is 18.3 Å². The SMILES string of the molecule is CCN(CC)C(=O)[C@@H]1C[C@@H]1c1nc2ncccc2[nH]1. The first-order chi connectivity index (χ1) is 9.24. The monoisotopic (exact) mass is 258 g/mol. The first-order valence-electron chi connectivity index (χ1n) is 6.84. The Hall–Kier alpha value is -1.91. The summed E-state index contributed by atoms with van der Waals surface area (Å²) in [6, 6.07) is 3.85. The number of H-pyrrole nitrogens is 1. The Kier molecular flexibility index (Phi) is 2.97. The molecular weight excluding hydrogens is 240 g/mol. The minimum atomic E-state index is 0.0977. The number of aromatic nitrogens is 3. The largest absolute Gasteiger partial charge is 0.343 e. The highest BCUT2D eigenvalue weighted by Gasteiger charge is 2.47. The average molecular weight is 258 g/mol. The standard InChI is InChI=1S/C14H18N4O/c1-3-18(4-2)14(19)10-8-9(10)12-16-11-6-5-7-15-13(11)17-12/h5-7,9-10H,3-4,8H2,1-2H3,(H,15,16,17)/t9-,10+/m0/s1. The highest BCUT2D eigenvalue weighted by atomic mass is 16.2. The van der Waals surface area contributed by atoms with E-state index in [1.807, 2.05) is 30.9 Å². The number of nitrogens with zero attached hydrogens (tertiary/aromatic N) is 3. The van der Waals surface area contributed by atoms with Crippen LogP contribution in [0.3, 0.4) is 0 Å². The molecule has 1 aliphatic rings. The van der Waals surface area contributed by atoms with Gasteiger partial charge >= 0.3 is 0 Å². The van der Waals surface area contributed by atoms with Crippen molar-refractivity contribution in [2.24, 2.45) is 5.92 Å². The number of aromatic amines is 1. The second kappa shape index (κ2) is 4.64. The molecule has 0 aliphatic heterocycles. The molecule has 1 saturated carbocycles. The molecule has 5 nitrogen and oxygen atoms in total. The van der Waals surface area contributed by atoms with Gasteiger partial charge in [-0.05, 0) is 32.4 Å². The molecular formula is C14H18N4O. The Labute approximate surface area is 112 Å². The molecule has 1 amide bonds. The third-order valence-corrected chi connectivity index (χ3v) is 3.81. The van der Waals surface area contributed by atoms with E-state index in [0.29, 0.717) is 0 Å². The molecule has 1 fully saturated rings. The van der Waals surface area contributed by atoms with Crippen molar-refractivity contribution in [3.8, 4) is 0 Å². The first kappa shape index (κ1) is 12.1. The molecule has 0 saturated heterocycles. The summed E-state index contributed by atoms with van der Waals surface area (Å²) < 4.78 is 0. The second-order valence-electron chi connectivity index (χ2n) is 4.96. The van der Waals surface area contributed by atoms with E-state index in [4.69, 9.17) is 0 Å². The zero-order valence-electron chi connectivity index (χ0n) is 11.3. The van der Waals surface area contributed by atoms with Crippen LogP contribution < -0.4 is 0 Å². The molecule has 1 N–H and O–H groups in total. The highest BCUT2D eigenvalue weighted by Crippen LogP contribution is 2.47. The number of hydrogen-bond acceptors (Lipinski definition) is 3. The predicted molar refractivity (Wildman–Crippen MR) is 72.7 cm³/mol. The molecule has 2 atom stereocenters. The van der Waals surface area contributed by atoms with Gasteiger partial charge in [0.25, 0.3) is 0 Å². The van der Waals surface area contributed by atoms with Crippen molar-refractivity contribution in [1.29, 1.82) is 0 Å². The summed E-state index contributed by atoms with van der Waals surface area (Å²) >= 11 is 0. The number of hydrogen-bond donors (Lipinski definition) is 1. The lowest BCUT2D eigenvalue weighted by Gasteiger charge is -2.18. The second-order valence-corrected chi connectivity index (χ2v) is 4.96. The van der Waals surface area contributed by atoms with E-state index in [1.165, 1.54) is 0 Å². The summed E-state index contributed by atoms with van der Waals surface area (Å²) in [5, 5.41) is 0. The first-order valence-corrected chi connectivity index (χ1v) is 6.84. The number of rotatable bonds is 4. The van der Waals surface area contributed by atoms with E-state index in [1.54, 1.807) is 6.20 Å². The molecule has 19 heavy (non-hydrogen) atoms. The number of pyridine rings is 1. The Morgan fingerprint density at radius 2 is 2.26 bits per heavy atom. The maximum Gasteiger partial charge on any atom is 0.226 e. The van der Waals surface area contributed by atoms with E-state index >= 15 is 0 Å². The zero-order valence-corrected chi connectivity index (χ0v) is 11.3. The maximum absolute atomic E-state index is 12.2. The lowest BCUT2D eigenvalue weighted by atomic mass is 10.2. The van der Waals surface area contributed by atoms with Crippen LogP contribution in [0.5, 0.6) is 0 Å². The molecule has 2 heterocycles. The number of nitrogens with one attached hydrogen (secondary N) is 1.